The number of benzene rings is 2. The summed E-state index contributed by atoms with van der Waals surface area (Å²) in [7, 11) is 2.18. The summed E-state index contributed by atoms with van der Waals surface area (Å²) in [6.07, 6.45) is 5.33. The first-order valence-electron chi connectivity index (χ1n) is 12.9. The van der Waals surface area contributed by atoms with Crippen molar-refractivity contribution in [2.45, 2.75) is 32.2 Å². The smallest absolute Gasteiger partial charge is 0.170 e. The molecule has 186 valence electrons. The second-order valence-corrected chi connectivity index (χ2v) is 9.90. The number of pyridine rings is 1. The number of carbonyl (C=O) groups excluding carboxylic acids is 1. The molecule has 6 heteroatoms. The Balaban J connectivity index is 1.19. The quantitative estimate of drug-likeness (QED) is 0.473. The first-order valence-corrected chi connectivity index (χ1v) is 12.9. The van der Waals surface area contributed by atoms with Crippen LogP contribution in [0.5, 0.6) is 5.75 Å². The van der Waals surface area contributed by atoms with Gasteiger partial charge in [-0.25, -0.2) is 0 Å². The first-order chi connectivity index (χ1) is 17.6. The molecule has 0 spiro atoms. The van der Waals surface area contributed by atoms with Crippen molar-refractivity contribution in [1.29, 1.82) is 0 Å². The van der Waals surface area contributed by atoms with Crippen molar-refractivity contribution in [3.8, 4) is 5.75 Å². The number of ketones is 1. The van der Waals surface area contributed by atoms with Gasteiger partial charge in [0, 0.05) is 18.3 Å². The maximum Gasteiger partial charge on any atom is 0.170 e. The van der Waals surface area contributed by atoms with Gasteiger partial charge in [0.2, 0.25) is 0 Å². The lowest BCUT2D eigenvalue weighted by Crippen LogP contribution is -2.35. The summed E-state index contributed by atoms with van der Waals surface area (Å²) in [5.74, 6) is 1.55. The van der Waals surface area contributed by atoms with Crippen molar-refractivity contribution in [2.75, 3.05) is 33.3 Å². The standard InChI is InChI=1S/C30H34N4O2/c1-34-15-12-24(13-16-34)19-31-20-28-30-27(11-14-32-28)29(35)18-25(33-30)21-36-26-9-7-23(8-10-26)17-22-5-3-2-4-6-22/h2-11,14,24,31H,12-13,15-21H2,1H3. The van der Waals surface area contributed by atoms with Gasteiger partial charge in [0.05, 0.1) is 23.5 Å². The third kappa shape index (κ3) is 6.25. The van der Waals surface area contributed by atoms with Crippen LogP contribution >= 0.6 is 0 Å². The second-order valence-electron chi connectivity index (χ2n) is 9.90. The van der Waals surface area contributed by atoms with Gasteiger partial charge in [-0.3, -0.25) is 14.8 Å². The van der Waals surface area contributed by atoms with Crippen LogP contribution in [-0.4, -0.2) is 54.7 Å². The summed E-state index contributed by atoms with van der Waals surface area (Å²) in [6.45, 7) is 4.18. The summed E-state index contributed by atoms with van der Waals surface area (Å²) in [5.41, 5.74) is 5.44. The highest BCUT2D eigenvalue weighted by Gasteiger charge is 2.23. The molecule has 0 aliphatic carbocycles. The van der Waals surface area contributed by atoms with E-state index in [4.69, 9.17) is 9.73 Å². The Morgan fingerprint density at radius 3 is 2.53 bits per heavy atom. The fourth-order valence-electron chi connectivity index (χ4n) is 4.90. The summed E-state index contributed by atoms with van der Waals surface area (Å²) in [5, 5.41) is 3.55. The Kier molecular flexibility index (Phi) is 7.84. The van der Waals surface area contributed by atoms with E-state index in [1.165, 1.54) is 24.0 Å². The Bertz CT molecular complexity index is 1200. The van der Waals surface area contributed by atoms with E-state index in [-0.39, 0.29) is 12.2 Å². The van der Waals surface area contributed by atoms with Crippen LogP contribution in [0.25, 0.3) is 0 Å². The predicted octanol–water partition coefficient (Wildman–Crippen LogP) is 4.84. The van der Waals surface area contributed by atoms with Crippen molar-refractivity contribution in [2.24, 2.45) is 10.9 Å². The van der Waals surface area contributed by atoms with Crippen LogP contribution in [0.3, 0.4) is 0 Å². The number of aliphatic imine (C=N–C) groups is 1. The SMILES string of the molecule is CN1CCC(CNCc2nccc3c2N=C(COc2ccc(Cc4ccccc4)cc2)CC3=O)CC1. The van der Waals surface area contributed by atoms with Crippen LogP contribution in [0.2, 0.25) is 0 Å². The van der Waals surface area contributed by atoms with Gasteiger partial charge >= 0.3 is 0 Å². The van der Waals surface area contributed by atoms with Gasteiger partial charge in [-0.15, -0.1) is 0 Å². The van der Waals surface area contributed by atoms with Crippen LogP contribution in [0.1, 0.15) is 46.4 Å². The van der Waals surface area contributed by atoms with Crippen molar-refractivity contribution in [1.82, 2.24) is 15.2 Å². The van der Waals surface area contributed by atoms with Gasteiger partial charge in [0.15, 0.2) is 5.78 Å². The lowest BCUT2D eigenvalue weighted by atomic mass is 9.97. The molecule has 2 aromatic carbocycles. The fourth-order valence-corrected chi connectivity index (χ4v) is 4.90. The Morgan fingerprint density at radius 1 is 1.00 bits per heavy atom. The van der Waals surface area contributed by atoms with Gasteiger partial charge < -0.3 is 15.0 Å². The number of carbonyl (C=O) groups is 1. The van der Waals surface area contributed by atoms with E-state index in [1.807, 2.05) is 18.2 Å². The molecule has 0 bridgehead atoms. The van der Waals surface area contributed by atoms with Crippen LogP contribution in [0.15, 0.2) is 71.9 Å². The van der Waals surface area contributed by atoms with Crippen molar-refractivity contribution in [3.63, 3.8) is 0 Å². The Labute approximate surface area is 213 Å². The third-order valence-electron chi connectivity index (χ3n) is 7.08. The topological polar surface area (TPSA) is 66.8 Å². The minimum atomic E-state index is 0.0794. The molecular weight excluding hydrogens is 448 g/mol. The zero-order valence-corrected chi connectivity index (χ0v) is 21.0. The third-order valence-corrected chi connectivity index (χ3v) is 7.08. The average molecular weight is 483 g/mol. The molecule has 5 rings (SSSR count). The van der Waals surface area contributed by atoms with Gasteiger partial charge in [-0.1, -0.05) is 42.5 Å². The van der Waals surface area contributed by atoms with Crippen LogP contribution in [0, 0.1) is 5.92 Å². The molecule has 1 aromatic heterocycles. The highest BCUT2D eigenvalue weighted by atomic mass is 16.5. The van der Waals surface area contributed by atoms with Gasteiger partial charge in [-0.2, -0.15) is 0 Å². The van der Waals surface area contributed by atoms with E-state index in [9.17, 15) is 4.79 Å². The molecule has 1 N–H and O–H groups in total. The first kappa shape index (κ1) is 24.3. The molecule has 36 heavy (non-hydrogen) atoms. The number of aromatic nitrogens is 1. The second kappa shape index (κ2) is 11.6. The molecule has 3 aromatic rings. The van der Waals surface area contributed by atoms with E-state index in [1.54, 1.807) is 12.3 Å². The predicted molar refractivity (Wildman–Crippen MR) is 143 cm³/mol. The van der Waals surface area contributed by atoms with Gasteiger partial charge in [0.1, 0.15) is 12.4 Å². The minimum absolute atomic E-state index is 0.0794. The van der Waals surface area contributed by atoms with Crippen LogP contribution < -0.4 is 10.1 Å². The number of rotatable bonds is 9. The molecule has 0 unspecified atom stereocenters. The van der Waals surface area contributed by atoms with Crippen LogP contribution in [0.4, 0.5) is 5.69 Å². The molecule has 2 aliphatic rings. The highest BCUT2D eigenvalue weighted by Crippen LogP contribution is 2.29. The van der Waals surface area contributed by atoms with E-state index < -0.39 is 0 Å². The Morgan fingerprint density at radius 2 is 1.75 bits per heavy atom. The minimum Gasteiger partial charge on any atom is -0.488 e. The van der Waals surface area contributed by atoms with Crippen molar-refractivity contribution < 1.29 is 9.53 Å². The summed E-state index contributed by atoms with van der Waals surface area (Å²) in [6, 6.07) is 20.3. The largest absolute Gasteiger partial charge is 0.488 e. The molecule has 0 saturated carbocycles. The molecular formula is C30H34N4O2. The summed E-state index contributed by atoms with van der Waals surface area (Å²) < 4.78 is 6.00. The zero-order chi connectivity index (χ0) is 24.7. The number of likely N-dealkylation sites (tertiary alicyclic amines) is 1. The van der Waals surface area contributed by atoms with Crippen molar-refractivity contribution >= 4 is 17.2 Å². The lowest BCUT2D eigenvalue weighted by molar-refractivity contribution is 0.0998. The molecule has 0 radical (unpaired) electrons. The zero-order valence-electron chi connectivity index (χ0n) is 21.0. The number of piperidine rings is 1. The average Bonchev–Trinajstić information content (AvgIpc) is 2.90. The summed E-state index contributed by atoms with van der Waals surface area (Å²) in [4.78, 5) is 24.6. The number of nitrogens with zero attached hydrogens (tertiary/aromatic N) is 3. The van der Waals surface area contributed by atoms with Gasteiger partial charge in [-0.05, 0) is 81.2 Å². The fraction of sp³-hybridized carbons (Fsp3) is 0.367. The molecule has 3 heterocycles. The molecule has 0 amide bonds. The molecule has 1 fully saturated rings. The maximum absolute atomic E-state index is 12.8. The van der Waals surface area contributed by atoms with E-state index in [0.717, 1.165) is 43.2 Å². The van der Waals surface area contributed by atoms with E-state index >= 15 is 0 Å². The molecule has 6 nitrogen and oxygen atoms in total. The lowest BCUT2D eigenvalue weighted by Gasteiger charge is -2.29. The molecule has 0 atom stereocenters. The van der Waals surface area contributed by atoms with E-state index in [2.05, 4.69) is 58.6 Å². The summed E-state index contributed by atoms with van der Waals surface area (Å²) >= 11 is 0. The number of hydrogen-bond donors (Lipinski definition) is 1. The Hall–Kier alpha value is -3.35. The molecule has 2 aliphatic heterocycles. The number of hydrogen-bond acceptors (Lipinski definition) is 6. The number of fused-ring (bicyclic) bond motifs is 1. The van der Waals surface area contributed by atoms with E-state index in [0.29, 0.717) is 30.3 Å². The van der Waals surface area contributed by atoms with Crippen LogP contribution in [-0.2, 0) is 13.0 Å². The van der Waals surface area contributed by atoms with Gasteiger partial charge in [0.25, 0.3) is 0 Å². The number of nitrogens with one attached hydrogen (secondary N) is 1. The maximum atomic E-state index is 12.8. The molecule has 1 saturated heterocycles. The highest BCUT2D eigenvalue weighted by molar-refractivity contribution is 6.16. The monoisotopic (exact) mass is 482 g/mol. The number of Topliss-reactive ketones (excluding diaryl/α,β-unsaturated/α-hetero) is 1. The normalized spacial score (nSPS) is 16.5. The number of ether oxygens (including phenoxy) is 1. The van der Waals surface area contributed by atoms with Crippen molar-refractivity contribution in [3.05, 3.63) is 89.2 Å².